The van der Waals surface area contributed by atoms with Gasteiger partial charge in [0.05, 0.1) is 41.6 Å². The summed E-state index contributed by atoms with van der Waals surface area (Å²) in [5.41, 5.74) is 2.46. The number of carbonyl (C=O) groups excluding carboxylic acids is 2. The summed E-state index contributed by atoms with van der Waals surface area (Å²) in [6, 6.07) is 22.1. The van der Waals surface area contributed by atoms with Crippen molar-refractivity contribution in [1.82, 2.24) is 25.1 Å². The van der Waals surface area contributed by atoms with Crippen molar-refractivity contribution < 1.29 is 23.1 Å². The third-order valence-corrected chi connectivity index (χ3v) is 8.93. The van der Waals surface area contributed by atoms with Gasteiger partial charge in [0.2, 0.25) is 0 Å². The molecule has 2 amide bonds. The van der Waals surface area contributed by atoms with Gasteiger partial charge in [-0.3, -0.25) is 14.2 Å². The van der Waals surface area contributed by atoms with Gasteiger partial charge in [0.25, 0.3) is 11.8 Å². The Morgan fingerprint density at radius 2 is 1.71 bits per heavy atom. The molecule has 0 fully saturated rings. The lowest BCUT2D eigenvalue weighted by molar-refractivity contribution is -0.130. The first-order valence-corrected chi connectivity index (χ1v) is 15.7. The molecule has 1 aliphatic rings. The predicted molar refractivity (Wildman–Crippen MR) is 168 cm³/mol. The number of ether oxygens (including phenoxy) is 1. The lowest BCUT2D eigenvalue weighted by atomic mass is 10.0. The van der Waals surface area contributed by atoms with Gasteiger partial charge in [-0.1, -0.05) is 42.1 Å². The molecule has 45 heavy (non-hydrogen) atoms. The van der Waals surface area contributed by atoms with Crippen molar-refractivity contribution in [2.24, 2.45) is 5.10 Å². The summed E-state index contributed by atoms with van der Waals surface area (Å²) in [5.74, 6) is -0.654. The monoisotopic (exact) mass is 644 g/mol. The van der Waals surface area contributed by atoms with Gasteiger partial charge in [-0.15, -0.1) is 21.5 Å². The number of methoxy groups -OCH3 is 1. The fourth-order valence-corrected chi connectivity index (χ4v) is 6.46. The van der Waals surface area contributed by atoms with Gasteiger partial charge in [-0.2, -0.15) is 5.10 Å². The molecular weight excluding hydrogens is 619 g/mol. The van der Waals surface area contributed by atoms with E-state index in [0.717, 1.165) is 27.9 Å². The number of halogens is 2. The van der Waals surface area contributed by atoms with Crippen molar-refractivity contribution in [3.8, 4) is 11.4 Å². The van der Waals surface area contributed by atoms with E-state index in [9.17, 15) is 18.4 Å². The van der Waals surface area contributed by atoms with Gasteiger partial charge in [-0.25, -0.2) is 13.8 Å². The van der Waals surface area contributed by atoms with E-state index in [1.165, 1.54) is 47.7 Å². The van der Waals surface area contributed by atoms with Gasteiger partial charge >= 0.3 is 0 Å². The molecule has 228 valence electrons. The average Bonchev–Trinajstić information content (AvgIpc) is 3.84. The van der Waals surface area contributed by atoms with Crippen LogP contribution in [0.5, 0.6) is 5.75 Å². The molecule has 2 aromatic heterocycles. The molecule has 0 radical (unpaired) electrons. The quantitative estimate of drug-likeness (QED) is 0.187. The standard InChI is InChI=1S/C32H26F2N6O3S2/c1-43-27-6-3-2-5-24(27)31(42)35-18-29-36-37-32(39(29)23-14-12-22(34)13-15-23)45-19-30(41)40-26(20-8-10-21(33)11-9-20)17-25(38-40)28-7-4-16-44-28/h2-16,26H,17-19H2,1H3,(H,35,42). The van der Waals surface area contributed by atoms with E-state index in [2.05, 4.69) is 20.6 Å². The SMILES string of the molecule is COc1ccccc1C(=O)NCc1nnc(SCC(=O)N2N=C(c3cccs3)CC2c2ccc(F)cc2)n1-c1ccc(F)cc1. The highest BCUT2D eigenvalue weighted by Crippen LogP contribution is 2.35. The lowest BCUT2D eigenvalue weighted by Gasteiger charge is -2.22. The largest absolute Gasteiger partial charge is 0.496 e. The maximum atomic E-state index is 13.8. The Kier molecular flexibility index (Phi) is 8.98. The molecule has 3 heterocycles. The Morgan fingerprint density at radius 3 is 2.42 bits per heavy atom. The number of para-hydroxylation sites is 1. The number of nitrogens with one attached hydrogen (secondary N) is 1. The highest BCUT2D eigenvalue weighted by atomic mass is 32.2. The van der Waals surface area contributed by atoms with Crippen molar-refractivity contribution in [2.45, 2.75) is 24.2 Å². The molecule has 1 aliphatic heterocycles. The molecule has 6 rings (SSSR count). The molecule has 0 aliphatic carbocycles. The lowest BCUT2D eigenvalue weighted by Crippen LogP contribution is -2.28. The van der Waals surface area contributed by atoms with Crippen LogP contribution in [0.1, 0.15) is 39.1 Å². The zero-order chi connectivity index (χ0) is 31.3. The second-order valence-electron chi connectivity index (χ2n) is 9.92. The van der Waals surface area contributed by atoms with Crippen LogP contribution >= 0.6 is 23.1 Å². The summed E-state index contributed by atoms with van der Waals surface area (Å²) < 4.78 is 34.5. The minimum absolute atomic E-state index is 0.00297. The summed E-state index contributed by atoms with van der Waals surface area (Å²) in [6.45, 7) is 0.00297. The highest BCUT2D eigenvalue weighted by molar-refractivity contribution is 7.99. The summed E-state index contributed by atoms with van der Waals surface area (Å²) >= 11 is 2.68. The van der Waals surface area contributed by atoms with Crippen LogP contribution in [0.4, 0.5) is 8.78 Å². The number of hydrogen-bond acceptors (Lipinski definition) is 8. The van der Waals surface area contributed by atoms with Crippen LogP contribution in [0.25, 0.3) is 5.69 Å². The minimum Gasteiger partial charge on any atom is -0.496 e. The minimum atomic E-state index is -0.414. The number of hydrogen-bond donors (Lipinski definition) is 1. The summed E-state index contributed by atoms with van der Waals surface area (Å²) in [6.07, 6.45) is 0.490. The zero-order valence-corrected chi connectivity index (χ0v) is 25.5. The van der Waals surface area contributed by atoms with E-state index >= 15 is 0 Å². The number of thioether (sulfide) groups is 1. The van der Waals surface area contributed by atoms with Crippen molar-refractivity contribution in [3.63, 3.8) is 0 Å². The van der Waals surface area contributed by atoms with Gasteiger partial charge in [0.15, 0.2) is 11.0 Å². The fourth-order valence-electron chi connectivity index (χ4n) is 4.91. The fraction of sp³-hybridized carbons (Fsp3) is 0.156. The van der Waals surface area contributed by atoms with Gasteiger partial charge in [0.1, 0.15) is 17.4 Å². The zero-order valence-electron chi connectivity index (χ0n) is 23.9. The number of benzene rings is 3. The van der Waals surface area contributed by atoms with Crippen molar-refractivity contribution in [3.05, 3.63) is 124 Å². The van der Waals surface area contributed by atoms with E-state index in [1.54, 1.807) is 53.1 Å². The molecule has 9 nitrogen and oxygen atoms in total. The first-order valence-electron chi connectivity index (χ1n) is 13.8. The Labute approximate surface area is 265 Å². The molecule has 1 N–H and O–H groups in total. The predicted octanol–water partition coefficient (Wildman–Crippen LogP) is 6.02. The highest BCUT2D eigenvalue weighted by Gasteiger charge is 2.33. The number of hydrazone groups is 1. The first kappa shape index (κ1) is 30.2. The normalized spacial score (nSPS) is 14.3. The van der Waals surface area contributed by atoms with Crippen LogP contribution in [0.15, 0.2) is 101 Å². The average molecular weight is 645 g/mol. The molecule has 3 aromatic carbocycles. The van der Waals surface area contributed by atoms with Crippen LogP contribution in [-0.4, -0.2) is 50.2 Å². The molecule has 13 heteroatoms. The summed E-state index contributed by atoms with van der Waals surface area (Å²) in [7, 11) is 1.49. The van der Waals surface area contributed by atoms with Crippen molar-refractivity contribution in [2.75, 3.05) is 12.9 Å². The Hall–Kier alpha value is -4.88. The van der Waals surface area contributed by atoms with E-state index in [-0.39, 0.29) is 29.9 Å². The third-order valence-electron chi connectivity index (χ3n) is 7.09. The molecule has 1 unspecified atom stereocenters. The van der Waals surface area contributed by atoms with E-state index in [1.807, 2.05) is 17.5 Å². The van der Waals surface area contributed by atoms with Crippen LogP contribution in [0, 0.1) is 11.6 Å². The Bertz CT molecular complexity index is 1840. The number of carbonyl (C=O) groups is 2. The van der Waals surface area contributed by atoms with Crippen LogP contribution in [-0.2, 0) is 11.3 Å². The molecule has 5 aromatic rings. The second kappa shape index (κ2) is 13.4. The summed E-state index contributed by atoms with van der Waals surface area (Å²) in [5, 5.41) is 19.9. The van der Waals surface area contributed by atoms with Gasteiger partial charge in [0, 0.05) is 12.1 Å². The molecule has 0 spiro atoms. The van der Waals surface area contributed by atoms with E-state index in [0.29, 0.717) is 34.4 Å². The second-order valence-corrected chi connectivity index (χ2v) is 11.8. The first-order chi connectivity index (χ1) is 21.9. The number of amides is 2. The smallest absolute Gasteiger partial charge is 0.255 e. The molecule has 0 bridgehead atoms. The molecule has 0 saturated carbocycles. The topological polar surface area (TPSA) is 102 Å². The number of aromatic nitrogens is 3. The maximum absolute atomic E-state index is 13.8. The number of nitrogens with zero attached hydrogens (tertiary/aromatic N) is 5. The van der Waals surface area contributed by atoms with Crippen LogP contribution in [0.2, 0.25) is 0 Å². The van der Waals surface area contributed by atoms with Gasteiger partial charge < -0.3 is 10.1 Å². The Balaban J connectivity index is 1.24. The van der Waals surface area contributed by atoms with E-state index in [4.69, 9.17) is 4.74 Å². The van der Waals surface area contributed by atoms with Gasteiger partial charge in [-0.05, 0) is 65.5 Å². The molecule has 0 saturated heterocycles. The number of rotatable bonds is 10. The van der Waals surface area contributed by atoms with Crippen LogP contribution in [0.3, 0.4) is 0 Å². The molecule has 1 atom stereocenters. The summed E-state index contributed by atoms with van der Waals surface area (Å²) in [4.78, 5) is 27.6. The van der Waals surface area contributed by atoms with E-state index < -0.39 is 11.9 Å². The maximum Gasteiger partial charge on any atom is 0.255 e. The Morgan fingerprint density at radius 1 is 0.978 bits per heavy atom. The van der Waals surface area contributed by atoms with Crippen molar-refractivity contribution >= 4 is 40.6 Å². The molecular formula is C32H26F2N6O3S2. The van der Waals surface area contributed by atoms with Crippen molar-refractivity contribution in [1.29, 1.82) is 0 Å². The number of thiophene rings is 1. The van der Waals surface area contributed by atoms with Crippen LogP contribution < -0.4 is 10.1 Å². The third kappa shape index (κ3) is 6.64.